The first-order valence-corrected chi connectivity index (χ1v) is 6.45. The summed E-state index contributed by atoms with van der Waals surface area (Å²) in [6, 6.07) is 1.64. The molecule has 0 N–H and O–H groups in total. The number of hydrogen-bond donors (Lipinski definition) is 0. The molecule has 0 bridgehead atoms. The quantitative estimate of drug-likeness (QED) is 0.282. The number of thiophene rings is 1. The molecule has 0 radical (unpaired) electrons. The Balaban J connectivity index is 2.25. The monoisotopic (exact) mass is 322 g/mol. The van der Waals surface area contributed by atoms with E-state index >= 15 is 0 Å². The van der Waals surface area contributed by atoms with Gasteiger partial charge in [0.05, 0.1) is 6.42 Å². The van der Waals surface area contributed by atoms with Gasteiger partial charge in [0.15, 0.2) is 0 Å². The van der Waals surface area contributed by atoms with E-state index in [2.05, 4.69) is 4.74 Å². The first-order chi connectivity index (χ1) is 9.81. The molecule has 1 aromatic heterocycles. The van der Waals surface area contributed by atoms with Gasteiger partial charge in [0.25, 0.3) is 0 Å². The van der Waals surface area contributed by atoms with Crippen LogP contribution >= 0.6 is 11.3 Å². The number of esters is 1. The van der Waals surface area contributed by atoms with E-state index < -0.39 is 40.8 Å². The highest BCUT2D eigenvalue weighted by Crippen LogP contribution is 2.29. The fraction of sp³-hybridized carbons (Fsp3) is 0.154. The first-order valence-electron chi connectivity index (χ1n) is 5.57. The lowest BCUT2D eigenvalue weighted by atomic mass is 10.2. The molecule has 0 saturated heterocycles. The van der Waals surface area contributed by atoms with Gasteiger partial charge in [-0.25, -0.2) is 13.2 Å². The third-order valence-corrected chi connectivity index (χ3v) is 3.54. The van der Waals surface area contributed by atoms with Crippen LogP contribution in [0, 0.1) is 36.0 Å². The van der Waals surface area contributed by atoms with Crippen molar-refractivity contribution in [2.75, 3.05) is 0 Å². The van der Waals surface area contributed by atoms with E-state index in [1.54, 1.807) is 18.4 Å². The van der Waals surface area contributed by atoms with Crippen molar-refractivity contribution in [1.82, 2.24) is 0 Å². The zero-order chi connectivity index (χ0) is 15.7. The Morgan fingerprint density at radius 3 is 2.05 bits per heavy atom. The summed E-state index contributed by atoms with van der Waals surface area (Å²) in [4.78, 5) is 12.1. The van der Waals surface area contributed by atoms with E-state index in [9.17, 15) is 26.7 Å². The van der Waals surface area contributed by atoms with E-state index in [1.807, 2.05) is 0 Å². The van der Waals surface area contributed by atoms with Crippen LogP contribution in [-0.4, -0.2) is 5.97 Å². The van der Waals surface area contributed by atoms with Gasteiger partial charge in [-0.2, -0.15) is 8.78 Å². The van der Waals surface area contributed by atoms with Crippen LogP contribution in [-0.2, 0) is 11.2 Å². The molecule has 8 heteroatoms. The minimum atomic E-state index is -2.31. The molecule has 1 aromatic carbocycles. The number of halogens is 5. The number of benzene rings is 1. The highest BCUT2D eigenvalue weighted by Gasteiger charge is 2.28. The average Bonchev–Trinajstić information content (AvgIpc) is 2.84. The van der Waals surface area contributed by atoms with Crippen molar-refractivity contribution >= 4 is 17.3 Å². The lowest BCUT2D eigenvalue weighted by Crippen LogP contribution is -2.15. The molecule has 1 heterocycles. The molecule has 0 aliphatic heterocycles. The standard InChI is InChI=1S/C13H7F5O2S/c1-5-2-6(21-4-5)3-7(19)20-13-11(17)9(15)8(14)10(16)12(13)18/h2,4H,3H2,1H3. The summed E-state index contributed by atoms with van der Waals surface area (Å²) >= 11 is 1.21. The fourth-order valence-corrected chi connectivity index (χ4v) is 2.41. The van der Waals surface area contributed by atoms with Crippen LogP contribution in [0.25, 0.3) is 0 Å². The molecule has 2 nitrogen and oxygen atoms in total. The van der Waals surface area contributed by atoms with Crippen LogP contribution in [0.4, 0.5) is 22.0 Å². The Kier molecular flexibility index (Phi) is 4.26. The molecule has 2 aromatic rings. The molecule has 0 amide bonds. The van der Waals surface area contributed by atoms with Gasteiger partial charge in [-0.3, -0.25) is 4.79 Å². The van der Waals surface area contributed by atoms with E-state index in [4.69, 9.17) is 0 Å². The Morgan fingerprint density at radius 2 is 1.57 bits per heavy atom. The third-order valence-electron chi connectivity index (χ3n) is 2.49. The minimum Gasteiger partial charge on any atom is -0.420 e. The Hall–Kier alpha value is -1.96. The van der Waals surface area contributed by atoms with Crippen LogP contribution in [0.1, 0.15) is 10.4 Å². The van der Waals surface area contributed by atoms with E-state index in [0.29, 0.717) is 4.88 Å². The SMILES string of the molecule is Cc1csc(CC(=O)Oc2c(F)c(F)c(F)c(F)c2F)c1. The molecule has 0 saturated carbocycles. The number of rotatable bonds is 3. The predicted octanol–water partition coefficient (Wildman–Crippen LogP) is 3.90. The van der Waals surface area contributed by atoms with Crippen LogP contribution in [0.2, 0.25) is 0 Å². The van der Waals surface area contributed by atoms with Crippen molar-refractivity contribution in [3.63, 3.8) is 0 Å². The predicted molar refractivity (Wildman–Crippen MR) is 64.6 cm³/mol. The average molecular weight is 322 g/mol. The van der Waals surface area contributed by atoms with Gasteiger partial charge >= 0.3 is 5.97 Å². The molecular weight excluding hydrogens is 315 g/mol. The number of ether oxygens (including phenoxy) is 1. The van der Waals surface area contributed by atoms with Crippen molar-refractivity contribution in [3.8, 4) is 5.75 Å². The summed E-state index contributed by atoms with van der Waals surface area (Å²) in [7, 11) is 0. The first kappa shape index (κ1) is 15.4. The van der Waals surface area contributed by atoms with Gasteiger partial charge < -0.3 is 4.74 Å². The number of carbonyl (C=O) groups is 1. The Morgan fingerprint density at radius 1 is 1.05 bits per heavy atom. The summed E-state index contributed by atoms with van der Waals surface area (Å²) in [6.07, 6.45) is -0.335. The lowest BCUT2D eigenvalue weighted by Gasteiger charge is -2.08. The minimum absolute atomic E-state index is 0.335. The topological polar surface area (TPSA) is 26.3 Å². The molecule has 21 heavy (non-hydrogen) atoms. The molecule has 0 atom stereocenters. The van der Waals surface area contributed by atoms with Crippen LogP contribution in [0.3, 0.4) is 0 Å². The van der Waals surface area contributed by atoms with Gasteiger partial charge in [-0.1, -0.05) is 0 Å². The summed E-state index contributed by atoms with van der Waals surface area (Å²) in [5.41, 5.74) is 0.874. The maximum atomic E-state index is 13.3. The van der Waals surface area contributed by atoms with Crippen molar-refractivity contribution in [2.24, 2.45) is 0 Å². The van der Waals surface area contributed by atoms with Crippen molar-refractivity contribution in [3.05, 3.63) is 51.0 Å². The zero-order valence-corrected chi connectivity index (χ0v) is 11.3. The van der Waals surface area contributed by atoms with Crippen molar-refractivity contribution in [1.29, 1.82) is 0 Å². The van der Waals surface area contributed by atoms with Crippen LogP contribution < -0.4 is 4.74 Å². The summed E-state index contributed by atoms with van der Waals surface area (Å²) in [5, 5.41) is 1.74. The molecular formula is C13H7F5O2S. The van der Waals surface area contributed by atoms with Crippen molar-refractivity contribution < 1.29 is 31.5 Å². The van der Waals surface area contributed by atoms with E-state index in [-0.39, 0.29) is 6.42 Å². The molecule has 2 rings (SSSR count). The maximum Gasteiger partial charge on any atom is 0.316 e. The zero-order valence-electron chi connectivity index (χ0n) is 10.5. The van der Waals surface area contributed by atoms with Crippen LogP contribution in [0.5, 0.6) is 5.75 Å². The Labute approximate surface area is 119 Å². The molecule has 0 fully saturated rings. The molecule has 0 aliphatic rings. The summed E-state index contributed by atoms with van der Waals surface area (Å²) < 4.78 is 69.6. The van der Waals surface area contributed by atoms with Gasteiger partial charge in [0.1, 0.15) is 0 Å². The number of carbonyl (C=O) groups excluding carboxylic acids is 1. The maximum absolute atomic E-state index is 13.3. The fourth-order valence-electron chi connectivity index (χ4n) is 1.55. The third kappa shape index (κ3) is 3.05. The molecule has 0 aliphatic carbocycles. The van der Waals surface area contributed by atoms with Gasteiger partial charge in [-0.15, -0.1) is 11.3 Å². The van der Waals surface area contributed by atoms with Gasteiger partial charge in [0, 0.05) is 4.88 Å². The second-order valence-electron chi connectivity index (χ2n) is 4.14. The van der Waals surface area contributed by atoms with Gasteiger partial charge in [-0.05, 0) is 23.9 Å². The lowest BCUT2D eigenvalue weighted by molar-refractivity contribution is -0.134. The molecule has 0 unspecified atom stereocenters. The van der Waals surface area contributed by atoms with Crippen molar-refractivity contribution in [2.45, 2.75) is 13.3 Å². The number of hydrogen-bond acceptors (Lipinski definition) is 3. The molecule has 112 valence electrons. The highest BCUT2D eigenvalue weighted by molar-refractivity contribution is 7.10. The largest absolute Gasteiger partial charge is 0.420 e. The summed E-state index contributed by atoms with van der Waals surface area (Å²) in [5.74, 6) is -13.7. The number of aryl methyl sites for hydroxylation is 1. The second-order valence-corrected chi connectivity index (χ2v) is 5.14. The smallest absolute Gasteiger partial charge is 0.316 e. The second kappa shape index (κ2) is 5.80. The Bertz CT molecular complexity index is 682. The molecule has 0 spiro atoms. The van der Waals surface area contributed by atoms with Crippen LogP contribution in [0.15, 0.2) is 11.4 Å². The summed E-state index contributed by atoms with van der Waals surface area (Å²) in [6.45, 7) is 1.77. The van der Waals surface area contributed by atoms with Gasteiger partial charge in [0.2, 0.25) is 34.8 Å². The normalized spacial score (nSPS) is 10.8. The van der Waals surface area contributed by atoms with E-state index in [0.717, 1.165) is 5.56 Å². The highest BCUT2D eigenvalue weighted by atomic mass is 32.1. The van der Waals surface area contributed by atoms with E-state index in [1.165, 1.54) is 11.3 Å².